The number of carbonyl (C=O) groups excluding carboxylic acids is 1. The summed E-state index contributed by atoms with van der Waals surface area (Å²) in [4.78, 5) is 11.7. The molecule has 23 heavy (non-hydrogen) atoms. The fourth-order valence-electron chi connectivity index (χ4n) is 2.06. The highest BCUT2D eigenvalue weighted by molar-refractivity contribution is 7.15. The molecule has 124 valence electrons. The summed E-state index contributed by atoms with van der Waals surface area (Å²) in [5.74, 6) is 0.508. The highest BCUT2D eigenvalue weighted by atomic mass is 32.1. The Bertz CT molecular complexity index is 689. The lowest BCUT2D eigenvalue weighted by molar-refractivity contribution is -0.118. The monoisotopic (exact) mass is 341 g/mol. The van der Waals surface area contributed by atoms with Crippen LogP contribution in [0, 0.1) is 6.92 Å². The van der Waals surface area contributed by atoms with Gasteiger partial charge in [0, 0.05) is 0 Å². The number of halogens is 2. The van der Waals surface area contributed by atoms with E-state index in [1.165, 1.54) is 5.56 Å². The first kappa shape index (κ1) is 17.3. The molecule has 1 amide bonds. The van der Waals surface area contributed by atoms with Crippen molar-refractivity contribution in [2.75, 3.05) is 11.9 Å². The number of hydrogen-bond donors (Lipinski definition) is 1. The molecule has 0 saturated heterocycles. The van der Waals surface area contributed by atoms with Gasteiger partial charge in [-0.05, 0) is 36.1 Å². The van der Waals surface area contributed by atoms with E-state index in [2.05, 4.69) is 29.4 Å². The topological polar surface area (TPSA) is 64.1 Å². The molecule has 0 bridgehead atoms. The highest BCUT2D eigenvalue weighted by Crippen LogP contribution is 2.25. The molecule has 0 saturated carbocycles. The fraction of sp³-hybridized carbons (Fsp3) is 0.400. The van der Waals surface area contributed by atoms with Gasteiger partial charge in [0.15, 0.2) is 11.6 Å². The zero-order chi connectivity index (χ0) is 17.0. The van der Waals surface area contributed by atoms with Crippen LogP contribution in [0.1, 0.15) is 42.3 Å². The van der Waals surface area contributed by atoms with Gasteiger partial charge in [-0.25, -0.2) is 8.78 Å². The number of hydrogen-bond acceptors (Lipinski definition) is 5. The van der Waals surface area contributed by atoms with Gasteiger partial charge in [0.2, 0.25) is 5.13 Å². The van der Waals surface area contributed by atoms with E-state index >= 15 is 0 Å². The van der Waals surface area contributed by atoms with Crippen LogP contribution in [0.5, 0.6) is 5.75 Å². The Morgan fingerprint density at radius 1 is 1.35 bits per heavy atom. The van der Waals surface area contributed by atoms with Crippen molar-refractivity contribution in [2.24, 2.45) is 0 Å². The first-order valence-corrected chi connectivity index (χ1v) is 7.83. The lowest BCUT2D eigenvalue weighted by Crippen LogP contribution is -2.20. The van der Waals surface area contributed by atoms with Crippen molar-refractivity contribution in [1.29, 1.82) is 0 Å². The number of ether oxygens (including phenoxy) is 1. The Hall–Kier alpha value is -2.09. The molecule has 1 aromatic carbocycles. The minimum absolute atomic E-state index is 0.0280. The quantitative estimate of drug-likeness (QED) is 0.865. The van der Waals surface area contributed by atoms with Gasteiger partial charge < -0.3 is 4.74 Å². The van der Waals surface area contributed by atoms with Crippen molar-refractivity contribution in [3.05, 3.63) is 34.3 Å². The number of carbonyl (C=O) groups is 1. The number of anilines is 1. The number of alkyl halides is 2. The smallest absolute Gasteiger partial charge is 0.291 e. The zero-order valence-electron chi connectivity index (χ0n) is 13.0. The Morgan fingerprint density at radius 2 is 2.09 bits per heavy atom. The summed E-state index contributed by atoms with van der Waals surface area (Å²) in [6.45, 7) is 5.96. The van der Waals surface area contributed by atoms with Crippen LogP contribution in [0.3, 0.4) is 0 Å². The summed E-state index contributed by atoms with van der Waals surface area (Å²) in [5, 5.41) is 8.74. The molecular weight excluding hydrogens is 324 g/mol. The molecule has 0 aliphatic rings. The van der Waals surface area contributed by atoms with Crippen LogP contribution in [0.25, 0.3) is 0 Å². The van der Waals surface area contributed by atoms with E-state index in [9.17, 15) is 13.6 Å². The van der Waals surface area contributed by atoms with Gasteiger partial charge in [-0.2, -0.15) is 0 Å². The largest absolute Gasteiger partial charge is 0.484 e. The van der Waals surface area contributed by atoms with Crippen LogP contribution >= 0.6 is 11.3 Å². The average Bonchev–Trinajstić information content (AvgIpc) is 2.93. The molecule has 2 aromatic rings. The molecule has 1 N–H and O–H groups in total. The first-order valence-electron chi connectivity index (χ1n) is 7.01. The van der Waals surface area contributed by atoms with E-state index in [0.717, 1.165) is 5.56 Å². The van der Waals surface area contributed by atoms with E-state index in [0.29, 0.717) is 23.0 Å². The standard InChI is InChI=1S/C15H17F2N3O2S/c1-8(2)11-5-4-10(6-9(11)3)22-7-12(21)18-15-20-19-14(23-15)13(16)17/h4-6,8,13H,7H2,1-3H3,(H,18,20,21). The Kier molecular flexibility index (Phi) is 5.59. The summed E-state index contributed by atoms with van der Waals surface area (Å²) >= 11 is 0.639. The summed E-state index contributed by atoms with van der Waals surface area (Å²) in [6.07, 6.45) is -2.70. The molecule has 0 atom stereocenters. The molecule has 0 aliphatic carbocycles. The van der Waals surface area contributed by atoms with Crippen LogP contribution in [0.15, 0.2) is 18.2 Å². The van der Waals surface area contributed by atoms with Crippen molar-refractivity contribution >= 4 is 22.4 Å². The number of nitrogens with zero attached hydrogens (tertiary/aromatic N) is 2. The minimum atomic E-state index is -2.70. The SMILES string of the molecule is Cc1cc(OCC(=O)Nc2nnc(C(F)F)s2)ccc1C(C)C. The second-order valence-corrected chi connectivity index (χ2v) is 6.27. The molecular formula is C15H17F2N3O2S. The van der Waals surface area contributed by atoms with E-state index in [4.69, 9.17) is 4.74 Å². The molecule has 0 spiro atoms. The summed E-state index contributed by atoms with van der Waals surface area (Å²) < 4.78 is 30.2. The average molecular weight is 341 g/mol. The van der Waals surface area contributed by atoms with Crippen LogP contribution in [-0.4, -0.2) is 22.7 Å². The van der Waals surface area contributed by atoms with Gasteiger partial charge in [-0.3, -0.25) is 10.1 Å². The zero-order valence-corrected chi connectivity index (χ0v) is 13.8. The lowest BCUT2D eigenvalue weighted by atomic mass is 9.98. The fourth-order valence-corrected chi connectivity index (χ4v) is 2.68. The molecule has 1 aromatic heterocycles. The predicted molar refractivity (Wildman–Crippen MR) is 84.3 cm³/mol. The van der Waals surface area contributed by atoms with Crippen molar-refractivity contribution in [2.45, 2.75) is 33.1 Å². The number of rotatable bonds is 6. The van der Waals surface area contributed by atoms with Crippen LogP contribution in [0.4, 0.5) is 13.9 Å². The van der Waals surface area contributed by atoms with Crippen molar-refractivity contribution in [3.63, 3.8) is 0 Å². The van der Waals surface area contributed by atoms with Crippen LogP contribution in [0.2, 0.25) is 0 Å². The summed E-state index contributed by atoms with van der Waals surface area (Å²) in [6, 6.07) is 5.63. The number of benzene rings is 1. The van der Waals surface area contributed by atoms with Gasteiger partial charge in [-0.1, -0.05) is 31.3 Å². The normalized spacial score (nSPS) is 11.1. The first-order chi connectivity index (χ1) is 10.9. The maximum atomic E-state index is 12.4. The molecule has 0 aliphatic heterocycles. The third-order valence-corrected chi connectivity index (χ3v) is 3.95. The van der Waals surface area contributed by atoms with E-state index in [-0.39, 0.29) is 11.7 Å². The number of nitrogens with one attached hydrogen (secondary N) is 1. The number of aryl methyl sites for hydroxylation is 1. The molecule has 0 unspecified atom stereocenters. The minimum Gasteiger partial charge on any atom is -0.484 e. The molecule has 8 heteroatoms. The Balaban J connectivity index is 1.90. The maximum Gasteiger partial charge on any atom is 0.291 e. The molecule has 0 radical (unpaired) electrons. The molecule has 2 rings (SSSR count). The third kappa shape index (κ3) is 4.69. The van der Waals surface area contributed by atoms with E-state index < -0.39 is 17.3 Å². The molecule has 5 nitrogen and oxygen atoms in total. The van der Waals surface area contributed by atoms with Crippen LogP contribution in [-0.2, 0) is 4.79 Å². The lowest BCUT2D eigenvalue weighted by Gasteiger charge is -2.12. The van der Waals surface area contributed by atoms with E-state index in [1.807, 2.05) is 19.1 Å². The number of aromatic nitrogens is 2. The second kappa shape index (κ2) is 7.45. The van der Waals surface area contributed by atoms with Gasteiger partial charge in [0.1, 0.15) is 5.75 Å². The van der Waals surface area contributed by atoms with Gasteiger partial charge in [-0.15, -0.1) is 10.2 Å². The van der Waals surface area contributed by atoms with E-state index in [1.54, 1.807) is 6.07 Å². The molecule has 1 heterocycles. The van der Waals surface area contributed by atoms with Crippen LogP contribution < -0.4 is 10.1 Å². The predicted octanol–water partition coefficient (Wildman–Crippen LogP) is 3.93. The summed E-state index contributed by atoms with van der Waals surface area (Å²) in [7, 11) is 0. The molecule has 0 fully saturated rings. The Labute approximate surface area is 136 Å². The van der Waals surface area contributed by atoms with Crippen molar-refractivity contribution in [1.82, 2.24) is 10.2 Å². The van der Waals surface area contributed by atoms with Crippen molar-refractivity contribution in [3.8, 4) is 5.75 Å². The highest BCUT2D eigenvalue weighted by Gasteiger charge is 2.15. The maximum absolute atomic E-state index is 12.4. The second-order valence-electron chi connectivity index (χ2n) is 5.26. The number of amides is 1. The van der Waals surface area contributed by atoms with Crippen molar-refractivity contribution < 1.29 is 18.3 Å². The van der Waals surface area contributed by atoms with Gasteiger partial charge in [0.05, 0.1) is 0 Å². The third-order valence-electron chi connectivity index (χ3n) is 3.11. The van der Waals surface area contributed by atoms with Gasteiger partial charge in [0.25, 0.3) is 12.3 Å². The summed E-state index contributed by atoms with van der Waals surface area (Å²) in [5.41, 5.74) is 2.30. The Morgan fingerprint density at radius 3 is 2.65 bits per heavy atom. The van der Waals surface area contributed by atoms with Gasteiger partial charge >= 0.3 is 0 Å².